The van der Waals surface area contributed by atoms with Crippen LogP contribution in [-0.4, -0.2) is 23.0 Å². The summed E-state index contributed by atoms with van der Waals surface area (Å²) in [5.74, 6) is -1.22. The molecule has 0 aliphatic heterocycles. The first-order valence-electron chi connectivity index (χ1n) is 7.68. The average molecular weight is 311 g/mol. The van der Waals surface area contributed by atoms with Gasteiger partial charge in [0, 0.05) is 4.88 Å². The van der Waals surface area contributed by atoms with Gasteiger partial charge in [0.1, 0.15) is 6.04 Å². The highest BCUT2D eigenvalue weighted by Crippen LogP contribution is 2.24. The third-order valence-corrected chi connectivity index (χ3v) is 4.66. The number of rotatable bonds is 9. The molecule has 1 rings (SSSR count). The highest BCUT2D eigenvalue weighted by atomic mass is 32.1. The lowest BCUT2D eigenvalue weighted by atomic mass is 10.1. The Morgan fingerprint density at radius 1 is 1.29 bits per heavy atom. The molecule has 5 heteroatoms. The fourth-order valence-electron chi connectivity index (χ4n) is 2.21. The Kier molecular flexibility index (Phi) is 7.43. The van der Waals surface area contributed by atoms with Crippen LogP contribution in [0, 0.1) is 0 Å². The molecule has 1 atom stereocenters. The monoisotopic (exact) mass is 311 g/mol. The van der Waals surface area contributed by atoms with Crippen LogP contribution in [0.5, 0.6) is 0 Å². The van der Waals surface area contributed by atoms with Gasteiger partial charge < -0.3 is 10.4 Å². The summed E-state index contributed by atoms with van der Waals surface area (Å²) in [6, 6.07) is 1.11. The largest absolute Gasteiger partial charge is 0.480 e. The highest BCUT2D eigenvalue weighted by Gasteiger charge is 2.21. The number of hydrogen-bond acceptors (Lipinski definition) is 3. The first kappa shape index (κ1) is 17.7. The van der Waals surface area contributed by atoms with E-state index < -0.39 is 12.0 Å². The van der Waals surface area contributed by atoms with E-state index in [1.165, 1.54) is 21.8 Å². The zero-order valence-electron chi connectivity index (χ0n) is 13.1. The van der Waals surface area contributed by atoms with Crippen molar-refractivity contribution in [2.24, 2.45) is 0 Å². The molecule has 1 aromatic rings. The lowest BCUT2D eigenvalue weighted by molar-refractivity contribution is -0.139. The maximum atomic E-state index is 12.2. The van der Waals surface area contributed by atoms with Gasteiger partial charge in [-0.15, -0.1) is 11.3 Å². The van der Waals surface area contributed by atoms with E-state index in [2.05, 4.69) is 19.2 Å². The smallest absolute Gasteiger partial charge is 0.326 e. The summed E-state index contributed by atoms with van der Waals surface area (Å²) in [5, 5.41) is 11.8. The minimum absolute atomic E-state index is 0.263. The Bertz CT molecular complexity index is 482. The molecule has 1 amide bonds. The van der Waals surface area contributed by atoms with Crippen molar-refractivity contribution in [1.29, 1.82) is 0 Å². The number of carbonyl (C=O) groups is 2. The first-order chi connectivity index (χ1) is 10.0. The molecule has 0 aliphatic carbocycles. The van der Waals surface area contributed by atoms with Crippen molar-refractivity contribution in [3.63, 3.8) is 0 Å². The summed E-state index contributed by atoms with van der Waals surface area (Å²) in [4.78, 5) is 25.3. The summed E-state index contributed by atoms with van der Waals surface area (Å²) < 4.78 is 0. The van der Waals surface area contributed by atoms with E-state index >= 15 is 0 Å². The lowest BCUT2D eigenvalue weighted by Crippen LogP contribution is -2.40. The molecule has 0 fully saturated rings. The van der Waals surface area contributed by atoms with E-state index in [1.807, 2.05) is 13.0 Å². The lowest BCUT2D eigenvalue weighted by Gasteiger charge is -2.13. The number of amides is 1. The van der Waals surface area contributed by atoms with Crippen molar-refractivity contribution in [2.75, 3.05) is 0 Å². The Morgan fingerprint density at radius 3 is 2.52 bits per heavy atom. The molecule has 0 radical (unpaired) electrons. The van der Waals surface area contributed by atoms with Crippen LogP contribution in [0.3, 0.4) is 0 Å². The molecule has 4 nitrogen and oxygen atoms in total. The van der Waals surface area contributed by atoms with Gasteiger partial charge in [-0.25, -0.2) is 4.79 Å². The SMILES string of the molecule is CCCC[C@H](NC(=O)c1cc(CC)c(CCC)s1)C(=O)O. The Morgan fingerprint density at radius 2 is 2.00 bits per heavy atom. The molecule has 0 aliphatic rings. The Balaban J connectivity index is 2.79. The standard InChI is InChI=1S/C16H25NO3S/c1-4-7-9-12(16(19)20)17-15(18)14-10-11(6-3)13(21-14)8-5-2/h10,12H,4-9H2,1-3H3,(H,17,18)(H,19,20)/t12-/m0/s1. The number of aryl methyl sites for hydroxylation is 2. The van der Waals surface area contributed by atoms with E-state index in [4.69, 9.17) is 0 Å². The molecule has 0 saturated heterocycles. The summed E-state index contributed by atoms with van der Waals surface area (Å²) in [6.07, 6.45) is 5.10. The van der Waals surface area contributed by atoms with Crippen LogP contribution in [0.15, 0.2) is 6.07 Å². The highest BCUT2D eigenvalue weighted by molar-refractivity contribution is 7.14. The summed E-state index contributed by atoms with van der Waals surface area (Å²) >= 11 is 1.49. The quantitative estimate of drug-likeness (QED) is 0.731. The molecule has 1 aromatic heterocycles. The van der Waals surface area contributed by atoms with Gasteiger partial charge in [0.05, 0.1) is 4.88 Å². The van der Waals surface area contributed by atoms with Crippen molar-refractivity contribution in [3.05, 3.63) is 21.4 Å². The number of carboxylic acids is 1. The van der Waals surface area contributed by atoms with Crippen LogP contribution in [0.1, 0.15) is 66.6 Å². The van der Waals surface area contributed by atoms with Crippen LogP contribution >= 0.6 is 11.3 Å². The van der Waals surface area contributed by atoms with Crippen LogP contribution in [0.4, 0.5) is 0 Å². The number of thiophene rings is 1. The number of carbonyl (C=O) groups excluding carboxylic acids is 1. The van der Waals surface area contributed by atoms with E-state index in [9.17, 15) is 14.7 Å². The third-order valence-electron chi connectivity index (χ3n) is 3.43. The third kappa shape index (κ3) is 5.16. The van der Waals surface area contributed by atoms with Gasteiger partial charge in [-0.2, -0.15) is 0 Å². The van der Waals surface area contributed by atoms with E-state index in [0.717, 1.165) is 32.1 Å². The zero-order chi connectivity index (χ0) is 15.8. The first-order valence-corrected chi connectivity index (χ1v) is 8.50. The van der Waals surface area contributed by atoms with E-state index in [1.54, 1.807) is 0 Å². The second-order valence-electron chi connectivity index (χ2n) is 5.17. The Labute approximate surface area is 130 Å². The minimum atomic E-state index is -0.960. The van der Waals surface area contributed by atoms with Crippen molar-refractivity contribution in [1.82, 2.24) is 5.32 Å². The predicted octanol–water partition coefficient (Wildman–Crippen LogP) is 3.64. The topological polar surface area (TPSA) is 66.4 Å². The summed E-state index contributed by atoms with van der Waals surface area (Å²) in [5.41, 5.74) is 1.20. The van der Waals surface area contributed by atoms with Crippen molar-refractivity contribution in [2.45, 2.75) is 65.3 Å². The van der Waals surface area contributed by atoms with E-state index in [-0.39, 0.29) is 5.91 Å². The summed E-state index contributed by atoms with van der Waals surface area (Å²) in [7, 11) is 0. The molecule has 0 unspecified atom stereocenters. The Hall–Kier alpha value is -1.36. The molecule has 0 saturated carbocycles. The average Bonchev–Trinajstić information content (AvgIpc) is 2.86. The maximum Gasteiger partial charge on any atom is 0.326 e. The molecule has 0 spiro atoms. The van der Waals surface area contributed by atoms with Crippen LogP contribution in [-0.2, 0) is 17.6 Å². The maximum absolute atomic E-state index is 12.2. The van der Waals surface area contributed by atoms with Crippen LogP contribution < -0.4 is 5.32 Å². The van der Waals surface area contributed by atoms with Gasteiger partial charge in [0.15, 0.2) is 0 Å². The molecule has 2 N–H and O–H groups in total. The number of carboxylic acid groups (broad SMARTS) is 1. The molecule has 118 valence electrons. The fraction of sp³-hybridized carbons (Fsp3) is 0.625. The molecular formula is C16H25NO3S. The number of nitrogens with one attached hydrogen (secondary N) is 1. The van der Waals surface area contributed by atoms with Crippen molar-refractivity contribution in [3.8, 4) is 0 Å². The number of aliphatic carboxylic acids is 1. The van der Waals surface area contributed by atoms with Crippen molar-refractivity contribution < 1.29 is 14.7 Å². The minimum Gasteiger partial charge on any atom is -0.480 e. The second-order valence-corrected chi connectivity index (χ2v) is 6.31. The van der Waals surface area contributed by atoms with Gasteiger partial charge in [-0.1, -0.05) is 40.0 Å². The molecule has 21 heavy (non-hydrogen) atoms. The van der Waals surface area contributed by atoms with Crippen molar-refractivity contribution >= 4 is 23.2 Å². The molecule has 1 heterocycles. The van der Waals surface area contributed by atoms with Gasteiger partial charge in [0.2, 0.25) is 0 Å². The summed E-state index contributed by atoms with van der Waals surface area (Å²) in [6.45, 7) is 6.19. The van der Waals surface area contributed by atoms with Gasteiger partial charge in [-0.3, -0.25) is 4.79 Å². The molecule has 0 aromatic carbocycles. The fourth-order valence-corrected chi connectivity index (χ4v) is 3.47. The van der Waals surface area contributed by atoms with Crippen LogP contribution in [0.2, 0.25) is 0 Å². The normalized spacial score (nSPS) is 12.1. The zero-order valence-corrected chi connectivity index (χ0v) is 13.9. The van der Waals surface area contributed by atoms with Crippen LogP contribution in [0.25, 0.3) is 0 Å². The predicted molar refractivity (Wildman–Crippen MR) is 86.1 cm³/mol. The van der Waals surface area contributed by atoms with Gasteiger partial charge >= 0.3 is 5.97 Å². The number of hydrogen-bond donors (Lipinski definition) is 2. The van der Waals surface area contributed by atoms with E-state index in [0.29, 0.717) is 11.3 Å². The van der Waals surface area contributed by atoms with Gasteiger partial charge in [-0.05, 0) is 30.9 Å². The molecular weight excluding hydrogens is 286 g/mol. The number of unbranched alkanes of at least 4 members (excludes halogenated alkanes) is 1. The second kappa shape index (κ2) is 8.82. The molecule has 0 bridgehead atoms. The van der Waals surface area contributed by atoms with Gasteiger partial charge in [0.25, 0.3) is 5.91 Å².